The van der Waals surface area contributed by atoms with Gasteiger partial charge < -0.3 is 4.57 Å². The van der Waals surface area contributed by atoms with Gasteiger partial charge in [-0.15, -0.1) is 0 Å². The number of rotatable bonds is 3. The maximum atomic E-state index is 12.9. The Bertz CT molecular complexity index is 675. The zero-order chi connectivity index (χ0) is 14.9. The molecule has 2 rings (SSSR count). The Morgan fingerprint density at radius 3 is 2.70 bits per heavy atom. The van der Waals surface area contributed by atoms with Crippen molar-refractivity contribution in [3.8, 4) is 11.4 Å². The largest absolute Gasteiger partial charge is 0.417 e. The smallest absolute Gasteiger partial charge is 0.300 e. The summed E-state index contributed by atoms with van der Waals surface area (Å²) in [5.41, 5.74) is -0.353. The molecular weight excluding hydrogens is 355 g/mol. The summed E-state index contributed by atoms with van der Waals surface area (Å²) in [6, 6.07) is 4.02. The summed E-state index contributed by atoms with van der Waals surface area (Å²) in [4.78, 5) is 0. The average molecular weight is 366 g/mol. The van der Waals surface area contributed by atoms with Crippen molar-refractivity contribution >= 4 is 28.1 Å². The maximum absolute atomic E-state index is 12.9. The van der Waals surface area contributed by atoms with E-state index in [2.05, 4.69) is 26.1 Å². The lowest BCUT2D eigenvalue weighted by atomic mass is 10.1. The van der Waals surface area contributed by atoms with Crippen LogP contribution in [0.4, 0.5) is 13.2 Å². The van der Waals surface area contributed by atoms with E-state index in [0.717, 1.165) is 12.5 Å². The fraction of sp³-hybridized carbons (Fsp3) is 0.333. The highest BCUT2D eigenvalue weighted by Gasteiger charge is 2.33. The van der Waals surface area contributed by atoms with Gasteiger partial charge in [0.2, 0.25) is 0 Å². The number of halogens is 4. The number of nitrogens with zero attached hydrogens (tertiary/aromatic N) is 2. The van der Waals surface area contributed by atoms with Crippen molar-refractivity contribution in [2.75, 3.05) is 0 Å². The SMILES string of the molecule is CCCn1c(-c2ccc(Br)c(C(F)(F)F)c2)n[nH]c1=S. The van der Waals surface area contributed by atoms with E-state index in [1.165, 1.54) is 6.07 Å². The van der Waals surface area contributed by atoms with E-state index in [9.17, 15) is 13.2 Å². The van der Waals surface area contributed by atoms with Crippen molar-refractivity contribution in [1.29, 1.82) is 0 Å². The summed E-state index contributed by atoms with van der Waals surface area (Å²) in [5.74, 6) is 0.412. The lowest BCUT2D eigenvalue weighted by Crippen LogP contribution is -2.07. The second-order valence-electron chi connectivity index (χ2n) is 4.20. The first-order valence-electron chi connectivity index (χ1n) is 5.87. The van der Waals surface area contributed by atoms with Gasteiger partial charge in [-0.3, -0.25) is 5.10 Å². The molecule has 1 heterocycles. The number of nitrogens with one attached hydrogen (secondary N) is 1. The van der Waals surface area contributed by atoms with Crippen LogP contribution in [0, 0.1) is 4.77 Å². The number of H-pyrrole nitrogens is 1. The monoisotopic (exact) mass is 365 g/mol. The van der Waals surface area contributed by atoms with E-state index in [-0.39, 0.29) is 4.47 Å². The minimum Gasteiger partial charge on any atom is -0.300 e. The summed E-state index contributed by atoms with van der Waals surface area (Å²) in [5, 5.41) is 6.64. The minimum atomic E-state index is -4.42. The molecule has 8 heteroatoms. The van der Waals surface area contributed by atoms with E-state index in [1.807, 2.05) is 6.92 Å². The normalized spacial score (nSPS) is 11.8. The van der Waals surface area contributed by atoms with E-state index in [1.54, 1.807) is 10.6 Å². The van der Waals surface area contributed by atoms with Crippen molar-refractivity contribution in [1.82, 2.24) is 14.8 Å². The van der Waals surface area contributed by atoms with Crippen LogP contribution in [0.5, 0.6) is 0 Å². The first-order chi connectivity index (χ1) is 9.34. The van der Waals surface area contributed by atoms with Gasteiger partial charge in [-0.25, -0.2) is 0 Å². The van der Waals surface area contributed by atoms with Crippen molar-refractivity contribution in [3.05, 3.63) is 33.0 Å². The minimum absolute atomic E-state index is 0.00456. The highest BCUT2D eigenvalue weighted by atomic mass is 79.9. The molecule has 0 bridgehead atoms. The maximum Gasteiger partial charge on any atom is 0.417 e. The third-order valence-electron chi connectivity index (χ3n) is 2.74. The van der Waals surface area contributed by atoms with Gasteiger partial charge in [0, 0.05) is 16.6 Å². The predicted octanol–water partition coefficient (Wildman–Crippen LogP) is 4.80. The van der Waals surface area contributed by atoms with Crippen LogP contribution in [0.25, 0.3) is 11.4 Å². The highest BCUT2D eigenvalue weighted by molar-refractivity contribution is 9.10. The second kappa shape index (κ2) is 5.69. The number of alkyl halides is 3. The van der Waals surface area contributed by atoms with E-state index >= 15 is 0 Å². The quantitative estimate of drug-likeness (QED) is 0.792. The van der Waals surface area contributed by atoms with Crippen LogP contribution in [0.15, 0.2) is 22.7 Å². The van der Waals surface area contributed by atoms with Gasteiger partial charge in [0.15, 0.2) is 10.6 Å². The fourth-order valence-corrected chi connectivity index (χ4v) is 2.55. The summed E-state index contributed by atoms with van der Waals surface area (Å²) < 4.78 is 40.8. The third-order valence-corrected chi connectivity index (χ3v) is 3.74. The lowest BCUT2D eigenvalue weighted by molar-refractivity contribution is -0.138. The van der Waals surface area contributed by atoms with Crippen LogP contribution in [0.1, 0.15) is 18.9 Å². The molecule has 2 aromatic rings. The molecule has 0 saturated carbocycles. The molecule has 1 N–H and O–H groups in total. The van der Waals surface area contributed by atoms with Crippen molar-refractivity contribution in [3.63, 3.8) is 0 Å². The summed E-state index contributed by atoms with van der Waals surface area (Å²) in [6.07, 6.45) is -3.61. The van der Waals surface area contributed by atoms with Crippen LogP contribution in [-0.4, -0.2) is 14.8 Å². The van der Waals surface area contributed by atoms with Gasteiger partial charge in [0.05, 0.1) is 5.56 Å². The molecule has 1 aromatic carbocycles. The van der Waals surface area contributed by atoms with Gasteiger partial charge in [-0.2, -0.15) is 18.3 Å². The molecule has 0 fully saturated rings. The number of aromatic amines is 1. The molecule has 0 aliphatic carbocycles. The van der Waals surface area contributed by atoms with Gasteiger partial charge in [-0.05, 0) is 30.8 Å². The first-order valence-corrected chi connectivity index (χ1v) is 7.07. The van der Waals surface area contributed by atoms with E-state index < -0.39 is 11.7 Å². The van der Waals surface area contributed by atoms with E-state index in [4.69, 9.17) is 12.2 Å². The Labute approximate surface area is 126 Å². The van der Waals surface area contributed by atoms with Crippen molar-refractivity contribution in [2.24, 2.45) is 0 Å². The number of hydrogen-bond donors (Lipinski definition) is 1. The van der Waals surface area contributed by atoms with Crippen LogP contribution in [0.2, 0.25) is 0 Å². The van der Waals surface area contributed by atoms with Crippen molar-refractivity contribution < 1.29 is 13.2 Å². The predicted molar refractivity (Wildman–Crippen MR) is 75.8 cm³/mol. The third kappa shape index (κ3) is 2.95. The molecule has 0 aliphatic heterocycles. The summed E-state index contributed by atoms with van der Waals surface area (Å²) in [6.45, 7) is 2.56. The van der Waals surface area contributed by atoms with Gasteiger partial charge in [0.25, 0.3) is 0 Å². The second-order valence-corrected chi connectivity index (χ2v) is 5.44. The summed E-state index contributed by atoms with van der Waals surface area (Å²) in [7, 11) is 0. The average Bonchev–Trinajstić information content (AvgIpc) is 2.71. The molecular formula is C12H11BrF3N3S. The molecule has 0 saturated heterocycles. The standard InChI is InChI=1S/C12H11BrF3N3S/c1-2-5-19-10(17-18-11(19)20)7-3-4-9(13)8(6-7)12(14,15)16/h3-4,6H,2,5H2,1H3,(H,18,20). The highest BCUT2D eigenvalue weighted by Crippen LogP contribution is 2.37. The molecule has 0 amide bonds. The molecule has 0 unspecified atom stereocenters. The van der Waals surface area contributed by atoms with Crippen LogP contribution in [0.3, 0.4) is 0 Å². The number of benzene rings is 1. The molecule has 0 spiro atoms. The summed E-state index contributed by atoms with van der Waals surface area (Å²) >= 11 is 8.00. The first kappa shape index (κ1) is 15.2. The Hall–Kier alpha value is -1.15. The van der Waals surface area contributed by atoms with E-state index in [0.29, 0.717) is 22.7 Å². The molecule has 0 radical (unpaired) electrons. The van der Waals surface area contributed by atoms with Gasteiger partial charge in [0.1, 0.15) is 0 Å². The zero-order valence-corrected chi connectivity index (χ0v) is 12.9. The number of hydrogen-bond acceptors (Lipinski definition) is 2. The zero-order valence-electron chi connectivity index (χ0n) is 10.5. The molecule has 0 atom stereocenters. The Morgan fingerprint density at radius 2 is 2.10 bits per heavy atom. The fourth-order valence-electron chi connectivity index (χ4n) is 1.85. The van der Waals surface area contributed by atoms with Crippen LogP contribution < -0.4 is 0 Å². The number of aromatic nitrogens is 3. The lowest BCUT2D eigenvalue weighted by Gasteiger charge is -2.11. The van der Waals surface area contributed by atoms with Crippen LogP contribution in [-0.2, 0) is 12.7 Å². The molecule has 0 aliphatic rings. The Balaban J connectivity index is 2.57. The molecule has 20 heavy (non-hydrogen) atoms. The van der Waals surface area contributed by atoms with Gasteiger partial charge in [-0.1, -0.05) is 28.9 Å². The van der Waals surface area contributed by atoms with Crippen LogP contribution >= 0.6 is 28.1 Å². The molecule has 108 valence electrons. The molecule has 3 nitrogen and oxygen atoms in total. The van der Waals surface area contributed by atoms with Crippen molar-refractivity contribution in [2.45, 2.75) is 26.1 Å². The van der Waals surface area contributed by atoms with Gasteiger partial charge >= 0.3 is 6.18 Å². The Kier molecular flexibility index (Phi) is 4.33. The molecule has 1 aromatic heterocycles. The Morgan fingerprint density at radius 1 is 1.40 bits per heavy atom. The topological polar surface area (TPSA) is 33.6 Å².